The van der Waals surface area contributed by atoms with Crippen molar-refractivity contribution >= 4 is 23.1 Å². The number of ether oxygens (including phenoxy) is 2. The van der Waals surface area contributed by atoms with Gasteiger partial charge in [0.1, 0.15) is 10.5 Å². The Bertz CT molecular complexity index is 315. The van der Waals surface area contributed by atoms with E-state index in [1.54, 1.807) is 14.2 Å². The van der Waals surface area contributed by atoms with Gasteiger partial charge in [-0.25, -0.2) is 0 Å². The van der Waals surface area contributed by atoms with Gasteiger partial charge in [0.05, 0.1) is 6.61 Å². The maximum Gasteiger partial charge on any atom is 0.218 e. The van der Waals surface area contributed by atoms with E-state index in [1.807, 2.05) is 24.3 Å². The predicted molar refractivity (Wildman–Crippen MR) is 65.3 cm³/mol. The summed E-state index contributed by atoms with van der Waals surface area (Å²) in [7, 11) is 3.85. The predicted octanol–water partition coefficient (Wildman–Crippen LogP) is 0.718. The fraction of sp³-hybridized carbons (Fsp3) is 0.400. The molecule has 0 atom stereocenters. The van der Waals surface area contributed by atoms with Crippen LogP contribution in [0.1, 0.15) is 5.56 Å². The molecule has 0 spiro atoms. The summed E-state index contributed by atoms with van der Waals surface area (Å²) >= 11 is 4.39. The number of thiol groups is 1. The minimum Gasteiger partial charge on any atom is -0.422 e. The van der Waals surface area contributed by atoms with Crippen LogP contribution >= 0.6 is 12.6 Å². The molecule has 1 rings (SSSR count). The van der Waals surface area contributed by atoms with Crippen molar-refractivity contribution in [3.8, 4) is 0 Å². The molecule has 0 saturated heterocycles. The van der Waals surface area contributed by atoms with Crippen LogP contribution in [-0.2, 0) is 19.7 Å². The van der Waals surface area contributed by atoms with Crippen LogP contribution in [0.5, 0.6) is 0 Å². The third-order valence-corrected chi connectivity index (χ3v) is 2.99. The van der Waals surface area contributed by atoms with Gasteiger partial charge in [0, 0.05) is 24.7 Å². The Hall–Kier alpha value is -0.333. The molecule has 0 amide bonds. The Kier molecular flexibility index (Phi) is 4.81. The van der Waals surface area contributed by atoms with E-state index in [1.165, 1.54) is 0 Å². The van der Waals surface area contributed by atoms with Crippen molar-refractivity contribution in [2.45, 2.75) is 10.7 Å². The zero-order valence-corrected chi connectivity index (χ0v) is 12.1. The van der Waals surface area contributed by atoms with E-state index in [0.29, 0.717) is 17.1 Å². The van der Waals surface area contributed by atoms with Crippen LogP contribution in [0.4, 0.5) is 0 Å². The zero-order chi connectivity index (χ0) is 11.3. The van der Waals surface area contributed by atoms with Gasteiger partial charge in [-0.1, -0.05) is 18.2 Å². The van der Waals surface area contributed by atoms with Gasteiger partial charge in [0.25, 0.3) is 0 Å². The molecule has 84 valence electrons. The molecule has 1 aromatic rings. The van der Waals surface area contributed by atoms with Crippen molar-refractivity contribution in [3.05, 3.63) is 29.8 Å². The molecular weight excluding hydrogens is 228 g/mol. The maximum atomic E-state index is 5.42. The van der Waals surface area contributed by atoms with Crippen molar-refractivity contribution < 1.29 is 13.9 Å². The Morgan fingerprint density at radius 2 is 1.87 bits per heavy atom. The van der Waals surface area contributed by atoms with Gasteiger partial charge in [-0.2, -0.15) is 0 Å². The molecule has 1 aromatic carbocycles. The van der Waals surface area contributed by atoms with Crippen LogP contribution in [-0.4, -0.2) is 31.3 Å². The fourth-order valence-corrected chi connectivity index (χ4v) is 2.20. The molecule has 0 radical (unpaired) electrons. The molecule has 0 heterocycles. The minimum absolute atomic E-state index is 0.379. The summed E-state index contributed by atoms with van der Waals surface area (Å²) in [4.78, 5) is 0.833. The van der Waals surface area contributed by atoms with Crippen molar-refractivity contribution in [1.29, 1.82) is 0 Å². The van der Waals surface area contributed by atoms with Crippen LogP contribution in [0.3, 0.4) is 0 Å². The Labute approximate surface area is 98.7 Å². The summed E-state index contributed by atoms with van der Waals surface area (Å²) in [6, 6.07) is 7.67. The lowest BCUT2D eigenvalue weighted by molar-refractivity contribution is -0.232. The average Bonchev–Trinajstić information content (AvgIpc) is 2.27. The third kappa shape index (κ3) is 2.62. The number of benzene rings is 1. The highest BCUT2D eigenvalue weighted by molar-refractivity contribution is 7.80. The fourth-order valence-electron chi connectivity index (χ4n) is 1.48. The normalized spacial score (nSPS) is 11.9. The minimum atomic E-state index is -0.847. The summed E-state index contributed by atoms with van der Waals surface area (Å²) in [6.07, 6.45) is 0. The second-order valence-corrected chi connectivity index (χ2v) is 4.17. The van der Waals surface area contributed by atoms with Crippen molar-refractivity contribution in [2.75, 3.05) is 20.8 Å². The van der Waals surface area contributed by atoms with Gasteiger partial charge in [-0.05, 0) is 6.07 Å². The molecule has 15 heavy (non-hydrogen) atoms. The molecule has 0 bridgehead atoms. The first kappa shape index (κ1) is 12.7. The monoisotopic (exact) mass is 244 g/mol. The molecule has 0 aromatic heterocycles. The third-order valence-electron chi connectivity index (χ3n) is 2.31. The first-order chi connectivity index (χ1) is 7.20. The van der Waals surface area contributed by atoms with Gasteiger partial charge in [-0.3, -0.25) is 0 Å². The van der Waals surface area contributed by atoms with Crippen LogP contribution < -0.4 is 0 Å². The van der Waals surface area contributed by atoms with Gasteiger partial charge in [0.2, 0.25) is 5.79 Å². The van der Waals surface area contributed by atoms with E-state index in [4.69, 9.17) is 13.9 Å². The molecule has 0 fully saturated rings. The van der Waals surface area contributed by atoms with E-state index in [-0.39, 0.29) is 0 Å². The van der Waals surface area contributed by atoms with Gasteiger partial charge in [0.15, 0.2) is 0 Å². The Morgan fingerprint density at radius 3 is 2.33 bits per heavy atom. The van der Waals surface area contributed by atoms with E-state index < -0.39 is 5.79 Å². The molecule has 0 unspecified atom stereocenters. The second kappa shape index (κ2) is 5.67. The van der Waals surface area contributed by atoms with Gasteiger partial charge >= 0.3 is 0 Å². The summed E-state index contributed by atoms with van der Waals surface area (Å²) in [5, 5.41) is 0. The molecule has 0 N–H and O–H groups in total. The number of hydrogen-bond donors (Lipinski definition) is 1. The van der Waals surface area contributed by atoms with Crippen LogP contribution in [0.15, 0.2) is 29.2 Å². The summed E-state index contributed by atoms with van der Waals surface area (Å²) in [6.45, 7) is 0.379. The summed E-state index contributed by atoms with van der Waals surface area (Å²) in [5.41, 5.74) is 0.884. The van der Waals surface area contributed by atoms with Crippen molar-refractivity contribution in [3.63, 3.8) is 0 Å². The van der Waals surface area contributed by atoms with Gasteiger partial charge in [-0.15, -0.1) is 12.6 Å². The molecule has 0 aliphatic carbocycles. The lowest BCUT2D eigenvalue weighted by atomic mass is 10.1. The second-order valence-electron chi connectivity index (χ2n) is 3.11. The average molecular weight is 244 g/mol. The molecule has 0 aliphatic rings. The highest BCUT2D eigenvalue weighted by atomic mass is 32.1. The zero-order valence-electron chi connectivity index (χ0n) is 9.19. The standard InChI is InChI=1S/C10H16O3SSi/c1-11-10(12-2,7-13-15)8-5-3-4-6-9(8)14/h3-6,14H,7H2,1-2,15H3. The SMILES string of the molecule is COC(CO[SiH3])(OC)c1ccccc1S. The summed E-state index contributed by atoms with van der Waals surface area (Å²) < 4.78 is 16.1. The number of rotatable bonds is 5. The molecule has 5 heteroatoms. The summed E-state index contributed by atoms with van der Waals surface area (Å²) in [5.74, 6) is -0.847. The molecule has 3 nitrogen and oxygen atoms in total. The molecule has 0 saturated carbocycles. The Morgan fingerprint density at radius 1 is 1.27 bits per heavy atom. The van der Waals surface area contributed by atoms with E-state index in [0.717, 1.165) is 10.5 Å². The highest BCUT2D eigenvalue weighted by Gasteiger charge is 2.33. The number of methoxy groups -OCH3 is 2. The number of hydrogen-bond acceptors (Lipinski definition) is 4. The van der Waals surface area contributed by atoms with E-state index in [2.05, 4.69) is 12.6 Å². The van der Waals surface area contributed by atoms with E-state index >= 15 is 0 Å². The lowest BCUT2D eigenvalue weighted by Crippen LogP contribution is -2.36. The molecule has 0 aliphatic heterocycles. The quantitative estimate of drug-likeness (QED) is 0.470. The molecular formula is C10H16O3SSi. The van der Waals surface area contributed by atoms with Crippen LogP contribution in [0.2, 0.25) is 0 Å². The van der Waals surface area contributed by atoms with Gasteiger partial charge < -0.3 is 13.9 Å². The Balaban J connectivity index is 3.13. The highest BCUT2D eigenvalue weighted by Crippen LogP contribution is 2.30. The van der Waals surface area contributed by atoms with Crippen molar-refractivity contribution in [2.24, 2.45) is 0 Å². The van der Waals surface area contributed by atoms with E-state index in [9.17, 15) is 0 Å². The van der Waals surface area contributed by atoms with Crippen LogP contribution in [0, 0.1) is 0 Å². The largest absolute Gasteiger partial charge is 0.422 e. The lowest BCUT2D eigenvalue weighted by Gasteiger charge is -2.31. The van der Waals surface area contributed by atoms with Crippen molar-refractivity contribution in [1.82, 2.24) is 0 Å². The smallest absolute Gasteiger partial charge is 0.218 e. The first-order valence-corrected chi connectivity index (χ1v) is 5.84. The van der Waals surface area contributed by atoms with Crippen LogP contribution in [0.25, 0.3) is 0 Å². The topological polar surface area (TPSA) is 27.7 Å². The first-order valence-electron chi connectivity index (χ1n) is 4.58. The maximum absolute atomic E-state index is 5.42.